The van der Waals surface area contributed by atoms with Gasteiger partial charge in [0.1, 0.15) is 6.61 Å². The molecule has 1 atom stereocenters. The van der Waals surface area contributed by atoms with Crippen LogP contribution in [0.3, 0.4) is 0 Å². The molecule has 0 aliphatic rings. The lowest BCUT2D eigenvalue weighted by Crippen LogP contribution is -2.13. The molecule has 5 heteroatoms. The summed E-state index contributed by atoms with van der Waals surface area (Å²) in [7, 11) is 0. The molecule has 4 nitrogen and oxygen atoms in total. The summed E-state index contributed by atoms with van der Waals surface area (Å²) >= 11 is 1.47. The van der Waals surface area contributed by atoms with Crippen molar-refractivity contribution in [3.05, 3.63) is 46.4 Å². The van der Waals surface area contributed by atoms with Crippen molar-refractivity contribution in [2.45, 2.75) is 19.4 Å². The van der Waals surface area contributed by atoms with Gasteiger partial charge in [-0.2, -0.15) is 0 Å². The standard InChI is InChI=1S/C13H14N2O2S/c1-9(10-3-2-4-11(14)5-10)13(16)17-7-12-6-15-8-18-12/h2-6,8-9H,7,14H2,1H3. The molecule has 0 saturated carbocycles. The second-order valence-electron chi connectivity index (χ2n) is 3.97. The van der Waals surface area contributed by atoms with E-state index >= 15 is 0 Å². The van der Waals surface area contributed by atoms with Gasteiger partial charge in [-0.25, -0.2) is 0 Å². The number of esters is 1. The zero-order chi connectivity index (χ0) is 13.0. The lowest BCUT2D eigenvalue weighted by Gasteiger charge is -2.11. The van der Waals surface area contributed by atoms with Gasteiger partial charge in [-0.3, -0.25) is 9.78 Å². The SMILES string of the molecule is CC(C(=O)OCc1cncs1)c1cccc(N)c1. The average Bonchev–Trinajstić information content (AvgIpc) is 2.88. The van der Waals surface area contributed by atoms with E-state index in [4.69, 9.17) is 10.5 Å². The number of hydrogen-bond donors (Lipinski definition) is 1. The van der Waals surface area contributed by atoms with E-state index in [1.54, 1.807) is 23.8 Å². The molecule has 1 unspecified atom stereocenters. The second kappa shape index (κ2) is 5.64. The Hall–Kier alpha value is -1.88. The number of hydrogen-bond acceptors (Lipinski definition) is 5. The topological polar surface area (TPSA) is 65.2 Å². The van der Waals surface area contributed by atoms with Gasteiger partial charge >= 0.3 is 5.97 Å². The maximum Gasteiger partial charge on any atom is 0.313 e. The zero-order valence-electron chi connectivity index (χ0n) is 10.00. The number of carbonyl (C=O) groups excluding carboxylic acids is 1. The van der Waals surface area contributed by atoms with Crippen molar-refractivity contribution in [1.29, 1.82) is 0 Å². The van der Waals surface area contributed by atoms with Crippen molar-refractivity contribution >= 4 is 23.0 Å². The van der Waals surface area contributed by atoms with E-state index in [9.17, 15) is 4.79 Å². The molecule has 0 bridgehead atoms. The Morgan fingerprint density at radius 3 is 3.06 bits per heavy atom. The van der Waals surface area contributed by atoms with Crippen LogP contribution in [0.1, 0.15) is 23.3 Å². The highest BCUT2D eigenvalue weighted by molar-refractivity contribution is 7.09. The van der Waals surface area contributed by atoms with Gasteiger partial charge in [-0.1, -0.05) is 12.1 Å². The molecule has 2 rings (SSSR count). The van der Waals surface area contributed by atoms with Crippen LogP contribution in [0.4, 0.5) is 5.69 Å². The van der Waals surface area contributed by atoms with Crippen molar-refractivity contribution < 1.29 is 9.53 Å². The Morgan fingerprint density at radius 2 is 2.39 bits per heavy atom. The largest absolute Gasteiger partial charge is 0.459 e. The summed E-state index contributed by atoms with van der Waals surface area (Å²) in [6.45, 7) is 2.08. The van der Waals surface area contributed by atoms with Crippen LogP contribution in [-0.4, -0.2) is 11.0 Å². The fourth-order valence-corrected chi connectivity index (χ4v) is 2.05. The third-order valence-electron chi connectivity index (χ3n) is 2.60. The molecular weight excluding hydrogens is 248 g/mol. The number of anilines is 1. The van der Waals surface area contributed by atoms with Crippen LogP contribution in [0, 0.1) is 0 Å². The lowest BCUT2D eigenvalue weighted by atomic mass is 10.0. The molecule has 0 saturated heterocycles. The Labute approximate surface area is 109 Å². The Kier molecular flexibility index (Phi) is 3.94. The zero-order valence-corrected chi connectivity index (χ0v) is 10.8. The Balaban J connectivity index is 1.96. The van der Waals surface area contributed by atoms with Crippen molar-refractivity contribution in [2.75, 3.05) is 5.73 Å². The monoisotopic (exact) mass is 262 g/mol. The van der Waals surface area contributed by atoms with Crippen molar-refractivity contribution in [1.82, 2.24) is 4.98 Å². The molecule has 0 fully saturated rings. The van der Waals surface area contributed by atoms with Crippen LogP contribution >= 0.6 is 11.3 Å². The van der Waals surface area contributed by atoms with Crippen LogP contribution in [0.2, 0.25) is 0 Å². The van der Waals surface area contributed by atoms with E-state index in [0.717, 1.165) is 10.4 Å². The van der Waals surface area contributed by atoms with Gasteiger partial charge < -0.3 is 10.5 Å². The maximum absolute atomic E-state index is 11.9. The predicted octanol–water partition coefficient (Wildman–Crippen LogP) is 2.57. The number of aromatic nitrogens is 1. The quantitative estimate of drug-likeness (QED) is 0.679. The van der Waals surface area contributed by atoms with Crippen LogP contribution in [0.5, 0.6) is 0 Å². The van der Waals surface area contributed by atoms with Crippen molar-refractivity contribution in [3.63, 3.8) is 0 Å². The number of nitrogens with two attached hydrogens (primary N) is 1. The molecule has 0 aliphatic carbocycles. The van der Waals surface area contributed by atoms with Crippen LogP contribution in [0.15, 0.2) is 36.0 Å². The molecule has 0 aliphatic heterocycles. The summed E-state index contributed by atoms with van der Waals surface area (Å²) in [6.07, 6.45) is 1.70. The highest BCUT2D eigenvalue weighted by Gasteiger charge is 2.17. The first kappa shape index (κ1) is 12.6. The third-order valence-corrected chi connectivity index (χ3v) is 3.36. The number of rotatable bonds is 4. The second-order valence-corrected chi connectivity index (χ2v) is 4.94. The van der Waals surface area contributed by atoms with E-state index in [0.29, 0.717) is 5.69 Å². The van der Waals surface area contributed by atoms with Gasteiger partial charge in [-0.05, 0) is 24.6 Å². The summed E-state index contributed by atoms with van der Waals surface area (Å²) in [5.41, 5.74) is 8.91. The first-order chi connectivity index (χ1) is 8.66. The van der Waals surface area contributed by atoms with Gasteiger partial charge in [0.25, 0.3) is 0 Å². The van der Waals surface area contributed by atoms with E-state index in [1.165, 1.54) is 11.3 Å². The molecular formula is C13H14N2O2S. The molecule has 18 heavy (non-hydrogen) atoms. The Bertz CT molecular complexity index is 526. The lowest BCUT2D eigenvalue weighted by molar-refractivity contribution is -0.146. The van der Waals surface area contributed by atoms with E-state index < -0.39 is 0 Å². The molecule has 2 N–H and O–H groups in total. The number of carbonyl (C=O) groups is 1. The highest BCUT2D eigenvalue weighted by Crippen LogP contribution is 2.20. The van der Waals surface area contributed by atoms with E-state index in [-0.39, 0.29) is 18.5 Å². The highest BCUT2D eigenvalue weighted by atomic mass is 32.1. The molecule has 0 radical (unpaired) electrons. The van der Waals surface area contributed by atoms with Gasteiger partial charge in [-0.15, -0.1) is 11.3 Å². The molecule has 0 amide bonds. The first-order valence-corrected chi connectivity index (χ1v) is 6.44. The Morgan fingerprint density at radius 1 is 1.56 bits per heavy atom. The smallest absolute Gasteiger partial charge is 0.313 e. The minimum Gasteiger partial charge on any atom is -0.459 e. The third kappa shape index (κ3) is 3.07. The first-order valence-electron chi connectivity index (χ1n) is 5.56. The summed E-state index contributed by atoms with van der Waals surface area (Å²) < 4.78 is 5.23. The van der Waals surface area contributed by atoms with E-state index in [2.05, 4.69) is 4.98 Å². The average molecular weight is 262 g/mol. The molecule has 94 valence electrons. The summed E-state index contributed by atoms with van der Waals surface area (Å²) in [5.74, 6) is -0.574. The predicted molar refractivity (Wildman–Crippen MR) is 71.2 cm³/mol. The van der Waals surface area contributed by atoms with Crippen LogP contribution < -0.4 is 5.73 Å². The summed E-state index contributed by atoms with van der Waals surface area (Å²) in [5, 5.41) is 0. The minimum atomic E-state index is -0.318. The van der Waals surface area contributed by atoms with E-state index in [1.807, 2.05) is 19.1 Å². The fourth-order valence-electron chi connectivity index (χ4n) is 1.55. The maximum atomic E-state index is 11.9. The molecule has 1 aromatic heterocycles. The summed E-state index contributed by atoms with van der Waals surface area (Å²) in [4.78, 5) is 16.7. The number of thiazole rings is 1. The number of ether oxygens (including phenoxy) is 1. The molecule has 1 aromatic carbocycles. The number of nitrogen functional groups attached to an aromatic ring is 1. The molecule has 0 spiro atoms. The van der Waals surface area contributed by atoms with Crippen LogP contribution in [-0.2, 0) is 16.1 Å². The van der Waals surface area contributed by atoms with Gasteiger partial charge in [0, 0.05) is 11.9 Å². The number of benzene rings is 1. The molecule has 1 heterocycles. The van der Waals surface area contributed by atoms with Crippen molar-refractivity contribution in [2.24, 2.45) is 0 Å². The van der Waals surface area contributed by atoms with Gasteiger partial charge in [0.05, 0.1) is 16.3 Å². The fraction of sp³-hybridized carbons (Fsp3) is 0.231. The minimum absolute atomic E-state index is 0.256. The van der Waals surface area contributed by atoms with Crippen molar-refractivity contribution in [3.8, 4) is 0 Å². The number of nitrogens with zero attached hydrogens (tertiary/aromatic N) is 1. The summed E-state index contributed by atoms with van der Waals surface area (Å²) in [6, 6.07) is 7.28. The van der Waals surface area contributed by atoms with Gasteiger partial charge in [0.2, 0.25) is 0 Å². The normalized spacial score (nSPS) is 12.1. The van der Waals surface area contributed by atoms with Crippen LogP contribution in [0.25, 0.3) is 0 Å². The van der Waals surface area contributed by atoms with Gasteiger partial charge in [0.15, 0.2) is 0 Å². The molecule has 2 aromatic rings.